The molecule has 1 heterocycles. The first-order valence-electron chi connectivity index (χ1n) is 5.01. The lowest BCUT2D eigenvalue weighted by atomic mass is 10.2. The maximum absolute atomic E-state index is 13.8. The molecule has 1 aromatic heterocycles. The molecule has 0 bridgehead atoms. The Balaban J connectivity index is 2.43. The van der Waals surface area contributed by atoms with E-state index in [2.05, 4.69) is 26.2 Å². The Morgan fingerprint density at radius 1 is 1.33 bits per heavy atom. The van der Waals surface area contributed by atoms with Crippen molar-refractivity contribution in [1.82, 2.24) is 4.98 Å². The van der Waals surface area contributed by atoms with Gasteiger partial charge >= 0.3 is 0 Å². The van der Waals surface area contributed by atoms with Crippen LogP contribution in [-0.2, 0) is 0 Å². The van der Waals surface area contributed by atoms with Crippen LogP contribution >= 0.6 is 27.5 Å². The third-order valence-electron chi connectivity index (χ3n) is 2.34. The summed E-state index contributed by atoms with van der Waals surface area (Å²) in [5.41, 5.74) is 0.0823. The average Bonchev–Trinajstić information content (AvgIpc) is 2.32. The molecule has 0 fully saturated rings. The molecule has 0 unspecified atom stereocenters. The molecule has 0 aliphatic rings. The summed E-state index contributed by atoms with van der Waals surface area (Å²) in [6, 6.07) is 4.14. The van der Waals surface area contributed by atoms with Crippen molar-refractivity contribution in [3.63, 3.8) is 0 Å². The third-order valence-corrected chi connectivity index (χ3v) is 3.06. The van der Waals surface area contributed by atoms with E-state index in [1.165, 1.54) is 18.3 Å². The Bertz CT molecular complexity index is 605. The van der Waals surface area contributed by atoms with Crippen LogP contribution in [0.3, 0.4) is 0 Å². The van der Waals surface area contributed by atoms with Gasteiger partial charge in [0.05, 0.1) is 5.02 Å². The normalized spacial score (nSPS) is 10.5. The van der Waals surface area contributed by atoms with Crippen molar-refractivity contribution in [2.45, 2.75) is 6.92 Å². The van der Waals surface area contributed by atoms with Crippen LogP contribution in [0.4, 0.5) is 20.3 Å². The molecule has 0 atom stereocenters. The van der Waals surface area contributed by atoms with Gasteiger partial charge < -0.3 is 5.32 Å². The lowest BCUT2D eigenvalue weighted by molar-refractivity contribution is 0.584. The summed E-state index contributed by atoms with van der Waals surface area (Å²) in [6.45, 7) is 1.55. The van der Waals surface area contributed by atoms with E-state index >= 15 is 0 Å². The number of nitrogens with zero attached hydrogens (tertiary/aromatic N) is 1. The summed E-state index contributed by atoms with van der Waals surface area (Å²) in [5, 5.41) is 2.83. The van der Waals surface area contributed by atoms with Crippen molar-refractivity contribution >= 4 is 39.0 Å². The van der Waals surface area contributed by atoms with Gasteiger partial charge in [0.25, 0.3) is 0 Å². The van der Waals surface area contributed by atoms with Crippen LogP contribution in [0.25, 0.3) is 0 Å². The van der Waals surface area contributed by atoms with Gasteiger partial charge in [0.15, 0.2) is 5.82 Å². The number of nitrogens with one attached hydrogen (secondary N) is 1. The molecule has 6 heteroatoms. The molecule has 0 amide bonds. The minimum atomic E-state index is -0.695. The van der Waals surface area contributed by atoms with Gasteiger partial charge in [-0.3, -0.25) is 0 Å². The van der Waals surface area contributed by atoms with E-state index in [1.807, 2.05) is 0 Å². The van der Waals surface area contributed by atoms with Gasteiger partial charge in [0.1, 0.15) is 17.3 Å². The maximum atomic E-state index is 13.8. The topological polar surface area (TPSA) is 24.9 Å². The Kier molecular flexibility index (Phi) is 3.82. The van der Waals surface area contributed by atoms with Crippen molar-refractivity contribution < 1.29 is 8.78 Å². The highest BCUT2D eigenvalue weighted by Crippen LogP contribution is 2.29. The van der Waals surface area contributed by atoms with Crippen LogP contribution < -0.4 is 5.32 Å². The number of pyridine rings is 1. The van der Waals surface area contributed by atoms with Crippen LogP contribution in [0.1, 0.15) is 5.56 Å². The highest BCUT2D eigenvalue weighted by Gasteiger charge is 2.13. The fourth-order valence-electron chi connectivity index (χ4n) is 1.40. The Labute approximate surface area is 116 Å². The number of benzene rings is 1. The van der Waals surface area contributed by atoms with E-state index in [9.17, 15) is 8.78 Å². The zero-order valence-corrected chi connectivity index (χ0v) is 11.6. The van der Waals surface area contributed by atoms with Crippen molar-refractivity contribution in [2.75, 3.05) is 5.32 Å². The minimum absolute atomic E-state index is 0.197. The zero-order valence-electron chi connectivity index (χ0n) is 9.27. The quantitative estimate of drug-likeness (QED) is 0.851. The van der Waals surface area contributed by atoms with Crippen LogP contribution in [0, 0.1) is 18.6 Å². The number of hydrogen-bond acceptors (Lipinski definition) is 2. The van der Waals surface area contributed by atoms with E-state index in [-0.39, 0.29) is 16.5 Å². The summed E-state index contributed by atoms with van der Waals surface area (Å²) in [7, 11) is 0. The summed E-state index contributed by atoms with van der Waals surface area (Å²) in [4.78, 5) is 3.96. The molecule has 1 aromatic carbocycles. The SMILES string of the molecule is Cc1ccc(F)c(Nc2ncc(Br)cc2Cl)c1F. The van der Waals surface area contributed by atoms with Gasteiger partial charge in [-0.05, 0) is 40.5 Å². The van der Waals surface area contributed by atoms with Gasteiger partial charge in [-0.25, -0.2) is 13.8 Å². The van der Waals surface area contributed by atoms with E-state index in [0.29, 0.717) is 10.0 Å². The second kappa shape index (κ2) is 5.20. The summed E-state index contributed by atoms with van der Waals surface area (Å²) < 4.78 is 28.0. The number of rotatable bonds is 2. The summed E-state index contributed by atoms with van der Waals surface area (Å²) in [5.74, 6) is -1.15. The molecule has 0 aliphatic carbocycles. The molecule has 2 nitrogen and oxygen atoms in total. The lowest BCUT2D eigenvalue weighted by Gasteiger charge is -2.10. The zero-order chi connectivity index (χ0) is 13.3. The molecule has 94 valence electrons. The fraction of sp³-hybridized carbons (Fsp3) is 0.0833. The molecule has 0 saturated carbocycles. The summed E-state index contributed by atoms with van der Waals surface area (Å²) >= 11 is 9.12. The van der Waals surface area contributed by atoms with E-state index in [4.69, 9.17) is 11.6 Å². The predicted octanol–water partition coefficient (Wildman–Crippen LogP) is 4.83. The van der Waals surface area contributed by atoms with Gasteiger partial charge in [0.2, 0.25) is 0 Å². The first-order chi connectivity index (χ1) is 8.49. The molecular weight excluding hydrogens is 325 g/mol. The Morgan fingerprint density at radius 3 is 2.72 bits per heavy atom. The van der Waals surface area contributed by atoms with E-state index in [0.717, 1.165) is 0 Å². The monoisotopic (exact) mass is 332 g/mol. The van der Waals surface area contributed by atoms with Crippen molar-refractivity contribution in [1.29, 1.82) is 0 Å². The standard InChI is InChI=1S/C12H8BrClF2N2/c1-6-2-3-9(15)11(10(6)16)18-12-8(14)4-7(13)5-17-12/h2-5H,1H3,(H,17,18). The van der Waals surface area contributed by atoms with Crippen molar-refractivity contribution in [3.8, 4) is 0 Å². The molecule has 1 N–H and O–H groups in total. The van der Waals surface area contributed by atoms with Gasteiger partial charge in [-0.15, -0.1) is 0 Å². The minimum Gasteiger partial charge on any atom is -0.334 e. The average molecular weight is 334 g/mol. The lowest BCUT2D eigenvalue weighted by Crippen LogP contribution is -2.01. The Morgan fingerprint density at radius 2 is 2.06 bits per heavy atom. The van der Waals surface area contributed by atoms with E-state index < -0.39 is 11.6 Å². The molecular formula is C12H8BrClF2N2. The number of anilines is 2. The maximum Gasteiger partial charge on any atom is 0.152 e. The van der Waals surface area contributed by atoms with Crippen LogP contribution in [0.15, 0.2) is 28.9 Å². The second-order valence-electron chi connectivity index (χ2n) is 3.66. The van der Waals surface area contributed by atoms with Crippen molar-refractivity contribution in [2.24, 2.45) is 0 Å². The number of halogens is 4. The number of aromatic nitrogens is 1. The largest absolute Gasteiger partial charge is 0.334 e. The molecule has 0 aliphatic heterocycles. The first-order valence-corrected chi connectivity index (χ1v) is 6.19. The van der Waals surface area contributed by atoms with E-state index in [1.54, 1.807) is 13.0 Å². The number of aryl methyl sites for hydroxylation is 1. The molecule has 0 spiro atoms. The van der Waals surface area contributed by atoms with Gasteiger partial charge in [0, 0.05) is 10.7 Å². The molecule has 0 radical (unpaired) electrons. The highest BCUT2D eigenvalue weighted by molar-refractivity contribution is 9.10. The first kappa shape index (κ1) is 13.2. The Hall–Kier alpha value is -1.20. The van der Waals surface area contributed by atoms with Crippen LogP contribution in [-0.4, -0.2) is 4.98 Å². The van der Waals surface area contributed by atoms with Gasteiger partial charge in [-0.2, -0.15) is 0 Å². The molecule has 18 heavy (non-hydrogen) atoms. The summed E-state index contributed by atoms with van der Waals surface area (Å²) in [6.07, 6.45) is 1.49. The number of hydrogen-bond donors (Lipinski definition) is 1. The smallest absolute Gasteiger partial charge is 0.152 e. The molecule has 0 saturated heterocycles. The van der Waals surface area contributed by atoms with Crippen molar-refractivity contribution in [3.05, 3.63) is 51.1 Å². The van der Waals surface area contributed by atoms with Crippen LogP contribution in [0.5, 0.6) is 0 Å². The highest BCUT2D eigenvalue weighted by atomic mass is 79.9. The predicted molar refractivity (Wildman–Crippen MR) is 71.3 cm³/mol. The third kappa shape index (κ3) is 2.62. The fourth-order valence-corrected chi connectivity index (χ4v) is 2.07. The van der Waals surface area contributed by atoms with Gasteiger partial charge in [-0.1, -0.05) is 17.7 Å². The second-order valence-corrected chi connectivity index (χ2v) is 4.99. The molecule has 2 aromatic rings. The van der Waals surface area contributed by atoms with Crippen LogP contribution in [0.2, 0.25) is 5.02 Å². The molecule has 2 rings (SSSR count).